The van der Waals surface area contributed by atoms with E-state index in [0.29, 0.717) is 11.8 Å². The molecule has 2 heteroatoms. The Morgan fingerprint density at radius 3 is 2.40 bits per heavy atom. The zero-order chi connectivity index (χ0) is 11.0. The molecule has 80 valence electrons. The van der Waals surface area contributed by atoms with Crippen molar-refractivity contribution in [2.24, 2.45) is 0 Å². The number of rotatable bonds is 2. The number of para-hydroxylation sites is 1. The smallest absolute Gasteiger partial charge is 0.170 e. The highest BCUT2D eigenvalue weighted by molar-refractivity contribution is 5.83. The number of fused-ring (bicyclic) bond motifs is 1. The molecule has 0 fully saturated rings. The standard InChI is InChI=1S/C13H17NO/c1-8(2)10-6-5-7-11-12(9(3)4)14-15-13(10)11/h5-9H,1-4H3. The van der Waals surface area contributed by atoms with Gasteiger partial charge in [0.2, 0.25) is 0 Å². The first kappa shape index (κ1) is 10.2. The van der Waals surface area contributed by atoms with E-state index in [1.54, 1.807) is 0 Å². The Morgan fingerprint density at radius 1 is 1.07 bits per heavy atom. The minimum absolute atomic E-state index is 0.411. The number of benzene rings is 1. The van der Waals surface area contributed by atoms with Crippen LogP contribution in [0.5, 0.6) is 0 Å². The lowest BCUT2D eigenvalue weighted by Crippen LogP contribution is -1.89. The quantitative estimate of drug-likeness (QED) is 0.735. The fourth-order valence-corrected chi connectivity index (χ4v) is 1.87. The van der Waals surface area contributed by atoms with Crippen LogP contribution in [0.1, 0.15) is 50.8 Å². The van der Waals surface area contributed by atoms with E-state index in [0.717, 1.165) is 16.7 Å². The van der Waals surface area contributed by atoms with Gasteiger partial charge in [-0.25, -0.2) is 0 Å². The molecule has 0 aliphatic rings. The van der Waals surface area contributed by atoms with E-state index in [-0.39, 0.29) is 0 Å². The molecule has 0 N–H and O–H groups in total. The molecule has 2 rings (SSSR count). The molecule has 0 saturated heterocycles. The fourth-order valence-electron chi connectivity index (χ4n) is 1.87. The monoisotopic (exact) mass is 203 g/mol. The molecule has 0 amide bonds. The van der Waals surface area contributed by atoms with Gasteiger partial charge in [0.15, 0.2) is 5.58 Å². The molecule has 0 bridgehead atoms. The highest BCUT2D eigenvalue weighted by atomic mass is 16.5. The zero-order valence-corrected chi connectivity index (χ0v) is 9.74. The largest absolute Gasteiger partial charge is 0.356 e. The van der Waals surface area contributed by atoms with Gasteiger partial charge < -0.3 is 4.52 Å². The van der Waals surface area contributed by atoms with Crippen LogP contribution < -0.4 is 0 Å². The molecule has 15 heavy (non-hydrogen) atoms. The van der Waals surface area contributed by atoms with Crippen LogP contribution in [0, 0.1) is 0 Å². The molecular weight excluding hydrogens is 186 g/mol. The molecule has 1 aromatic carbocycles. The van der Waals surface area contributed by atoms with Crippen molar-refractivity contribution in [2.75, 3.05) is 0 Å². The van der Waals surface area contributed by atoms with Crippen molar-refractivity contribution in [3.05, 3.63) is 29.5 Å². The molecule has 0 atom stereocenters. The van der Waals surface area contributed by atoms with E-state index < -0.39 is 0 Å². The van der Waals surface area contributed by atoms with E-state index in [2.05, 4.69) is 51.1 Å². The molecule has 0 aliphatic heterocycles. The van der Waals surface area contributed by atoms with Crippen LogP contribution in [0.25, 0.3) is 11.0 Å². The van der Waals surface area contributed by atoms with Crippen molar-refractivity contribution in [1.82, 2.24) is 5.16 Å². The molecule has 0 spiro atoms. The van der Waals surface area contributed by atoms with Gasteiger partial charge in [-0.05, 0) is 17.9 Å². The highest BCUT2D eigenvalue weighted by Gasteiger charge is 2.15. The van der Waals surface area contributed by atoms with Crippen molar-refractivity contribution in [1.29, 1.82) is 0 Å². The molecule has 1 heterocycles. The number of hydrogen-bond donors (Lipinski definition) is 0. The van der Waals surface area contributed by atoms with Gasteiger partial charge in [0.25, 0.3) is 0 Å². The lowest BCUT2D eigenvalue weighted by Gasteiger charge is -2.04. The Balaban J connectivity index is 2.69. The van der Waals surface area contributed by atoms with Crippen LogP contribution >= 0.6 is 0 Å². The van der Waals surface area contributed by atoms with Crippen molar-refractivity contribution in [2.45, 2.75) is 39.5 Å². The summed E-state index contributed by atoms with van der Waals surface area (Å²) in [6.07, 6.45) is 0. The molecular formula is C13H17NO. The van der Waals surface area contributed by atoms with E-state index in [4.69, 9.17) is 4.52 Å². The van der Waals surface area contributed by atoms with Crippen LogP contribution in [0.2, 0.25) is 0 Å². The van der Waals surface area contributed by atoms with Crippen LogP contribution in [0.15, 0.2) is 22.7 Å². The molecule has 0 radical (unpaired) electrons. The molecule has 2 aromatic rings. The topological polar surface area (TPSA) is 26.0 Å². The molecule has 0 unspecified atom stereocenters. The zero-order valence-electron chi connectivity index (χ0n) is 9.74. The van der Waals surface area contributed by atoms with Crippen LogP contribution in [-0.2, 0) is 0 Å². The lowest BCUT2D eigenvalue weighted by molar-refractivity contribution is 0.438. The normalized spacial score (nSPS) is 11.9. The van der Waals surface area contributed by atoms with Gasteiger partial charge in [-0.3, -0.25) is 0 Å². The third-order valence-electron chi connectivity index (χ3n) is 2.73. The molecule has 0 aliphatic carbocycles. The Morgan fingerprint density at radius 2 is 1.80 bits per heavy atom. The second-order valence-electron chi connectivity index (χ2n) is 4.60. The summed E-state index contributed by atoms with van der Waals surface area (Å²) in [5, 5.41) is 5.33. The maximum absolute atomic E-state index is 5.45. The Labute approximate surface area is 90.3 Å². The maximum atomic E-state index is 5.45. The minimum atomic E-state index is 0.411. The Hall–Kier alpha value is -1.31. The minimum Gasteiger partial charge on any atom is -0.356 e. The summed E-state index contributed by atoms with van der Waals surface area (Å²) in [5.41, 5.74) is 3.26. The van der Waals surface area contributed by atoms with Gasteiger partial charge in [0, 0.05) is 10.9 Å². The first-order valence-electron chi connectivity index (χ1n) is 5.49. The number of nitrogens with zero attached hydrogens (tertiary/aromatic N) is 1. The molecule has 2 nitrogen and oxygen atoms in total. The summed E-state index contributed by atoms with van der Waals surface area (Å²) in [6, 6.07) is 6.29. The first-order valence-corrected chi connectivity index (χ1v) is 5.49. The van der Waals surface area contributed by atoms with Crippen LogP contribution in [0.4, 0.5) is 0 Å². The number of hydrogen-bond acceptors (Lipinski definition) is 2. The summed E-state index contributed by atoms with van der Waals surface area (Å²) in [5.74, 6) is 0.885. The Bertz CT molecular complexity index is 468. The second-order valence-corrected chi connectivity index (χ2v) is 4.60. The lowest BCUT2D eigenvalue weighted by atomic mass is 9.98. The predicted molar refractivity (Wildman–Crippen MR) is 62.2 cm³/mol. The van der Waals surface area contributed by atoms with Gasteiger partial charge in [0.05, 0.1) is 5.69 Å². The highest BCUT2D eigenvalue weighted by Crippen LogP contribution is 2.30. The van der Waals surface area contributed by atoms with Gasteiger partial charge in [-0.15, -0.1) is 0 Å². The average Bonchev–Trinajstić information content (AvgIpc) is 2.59. The van der Waals surface area contributed by atoms with E-state index in [1.807, 2.05) is 0 Å². The van der Waals surface area contributed by atoms with Gasteiger partial charge in [0.1, 0.15) is 0 Å². The SMILES string of the molecule is CC(C)c1noc2c(C(C)C)cccc12. The summed E-state index contributed by atoms with van der Waals surface area (Å²) >= 11 is 0. The summed E-state index contributed by atoms with van der Waals surface area (Å²) in [6.45, 7) is 8.62. The molecule has 1 aromatic heterocycles. The van der Waals surface area contributed by atoms with Crippen LogP contribution in [-0.4, -0.2) is 5.16 Å². The van der Waals surface area contributed by atoms with Gasteiger partial charge >= 0.3 is 0 Å². The second kappa shape index (κ2) is 3.69. The van der Waals surface area contributed by atoms with E-state index >= 15 is 0 Å². The third kappa shape index (κ3) is 1.65. The summed E-state index contributed by atoms with van der Waals surface area (Å²) in [7, 11) is 0. The third-order valence-corrected chi connectivity index (χ3v) is 2.73. The average molecular weight is 203 g/mol. The predicted octanol–water partition coefficient (Wildman–Crippen LogP) is 4.07. The van der Waals surface area contributed by atoms with E-state index in [9.17, 15) is 0 Å². The van der Waals surface area contributed by atoms with Crippen molar-refractivity contribution < 1.29 is 4.52 Å². The van der Waals surface area contributed by atoms with E-state index in [1.165, 1.54) is 5.56 Å². The van der Waals surface area contributed by atoms with Gasteiger partial charge in [-0.1, -0.05) is 45.0 Å². The first-order chi connectivity index (χ1) is 7.11. The summed E-state index contributed by atoms with van der Waals surface area (Å²) < 4.78 is 5.45. The molecule has 0 saturated carbocycles. The maximum Gasteiger partial charge on any atom is 0.170 e. The summed E-state index contributed by atoms with van der Waals surface area (Å²) in [4.78, 5) is 0. The fraction of sp³-hybridized carbons (Fsp3) is 0.462. The number of aromatic nitrogens is 1. The van der Waals surface area contributed by atoms with Crippen molar-refractivity contribution >= 4 is 11.0 Å². The van der Waals surface area contributed by atoms with Crippen LogP contribution in [0.3, 0.4) is 0 Å². The van der Waals surface area contributed by atoms with Gasteiger partial charge in [-0.2, -0.15) is 0 Å². The Kier molecular flexibility index (Phi) is 2.51. The van der Waals surface area contributed by atoms with Crippen molar-refractivity contribution in [3.8, 4) is 0 Å². The van der Waals surface area contributed by atoms with Crippen molar-refractivity contribution in [3.63, 3.8) is 0 Å².